The second-order valence-corrected chi connectivity index (χ2v) is 7.76. The highest BCUT2D eigenvalue weighted by Gasteiger charge is 2.34. The third-order valence-corrected chi connectivity index (χ3v) is 4.92. The third-order valence-electron chi connectivity index (χ3n) is 3.96. The van der Waals surface area contributed by atoms with Crippen LogP contribution in [0.3, 0.4) is 0 Å². The maximum absolute atomic E-state index is 12.3. The molecule has 0 unspecified atom stereocenters. The second-order valence-electron chi connectivity index (χ2n) is 6.78. The monoisotopic (exact) mass is 311 g/mol. The number of carbonyl (C=O) groups excluding carboxylic acids is 1. The quantitative estimate of drug-likeness (QED) is 0.879. The van der Waals surface area contributed by atoms with Gasteiger partial charge in [0.25, 0.3) is 0 Å². The van der Waals surface area contributed by atoms with Crippen molar-refractivity contribution in [2.75, 3.05) is 26.3 Å². The largest absolute Gasteiger partial charge is 0.370 e. The van der Waals surface area contributed by atoms with Gasteiger partial charge in [-0.25, -0.2) is 0 Å². The molecule has 1 aromatic heterocycles. The highest BCUT2D eigenvalue weighted by atomic mass is 32.1. The van der Waals surface area contributed by atoms with Gasteiger partial charge >= 0.3 is 0 Å². The minimum atomic E-state index is -0.353. The Hall–Kier alpha value is -0.910. The van der Waals surface area contributed by atoms with Crippen LogP contribution in [0.5, 0.6) is 0 Å². The predicted molar refractivity (Wildman–Crippen MR) is 85.6 cm³/mol. The van der Waals surface area contributed by atoms with Gasteiger partial charge in [0.05, 0.1) is 24.1 Å². The SMILES string of the molecule is C[C@@H](NC(=O)C(C)(C)C)[C@@H](c1cccs1)[NH+]1CCOCC1. The van der Waals surface area contributed by atoms with Gasteiger partial charge in [0.2, 0.25) is 5.91 Å². The fourth-order valence-electron chi connectivity index (χ4n) is 2.72. The van der Waals surface area contributed by atoms with E-state index >= 15 is 0 Å². The Balaban J connectivity index is 2.13. The van der Waals surface area contributed by atoms with Gasteiger partial charge in [-0.3, -0.25) is 4.79 Å². The summed E-state index contributed by atoms with van der Waals surface area (Å²) in [7, 11) is 0. The highest BCUT2D eigenvalue weighted by Crippen LogP contribution is 2.21. The van der Waals surface area contributed by atoms with Crippen LogP contribution in [0.15, 0.2) is 17.5 Å². The average molecular weight is 311 g/mol. The molecule has 1 fully saturated rings. The van der Waals surface area contributed by atoms with E-state index in [2.05, 4.69) is 29.8 Å². The highest BCUT2D eigenvalue weighted by molar-refractivity contribution is 7.10. The number of amides is 1. The van der Waals surface area contributed by atoms with E-state index in [0.717, 1.165) is 26.3 Å². The predicted octanol–water partition coefficient (Wildman–Crippen LogP) is 1.26. The molecule has 0 aliphatic carbocycles. The lowest BCUT2D eigenvalue weighted by molar-refractivity contribution is -0.939. The number of morpholine rings is 1. The summed E-state index contributed by atoms with van der Waals surface area (Å²) in [6, 6.07) is 4.69. The molecule has 1 amide bonds. The maximum atomic E-state index is 12.3. The van der Waals surface area contributed by atoms with Crippen LogP contribution in [0.4, 0.5) is 0 Å². The number of quaternary nitrogens is 1. The first-order valence-electron chi connectivity index (χ1n) is 7.66. The van der Waals surface area contributed by atoms with E-state index in [9.17, 15) is 4.79 Å². The van der Waals surface area contributed by atoms with Crippen LogP contribution in [-0.4, -0.2) is 38.3 Å². The standard InChI is InChI=1S/C16H26N2O2S/c1-12(17-15(19)16(2,3)4)14(13-6-5-11-21-13)18-7-9-20-10-8-18/h5-6,11-12,14H,7-10H2,1-4H3,(H,17,19)/p+1/t12-,14+/m1/s1. The summed E-state index contributed by atoms with van der Waals surface area (Å²) in [4.78, 5) is 15.1. The minimum Gasteiger partial charge on any atom is -0.370 e. The van der Waals surface area contributed by atoms with Gasteiger partial charge in [-0.2, -0.15) is 0 Å². The number of thiophene rings is 1. The molecule has 0 radical (unpaired) electrons. The molecule has 0 saturated carbocycles. The van der Waals surface area contributed by atoms with Crippen molar-refractivity contribution >= 4 is 17.2 Å². The molecule has 0 aromatic carbocycles. The molecule has 118 valence electrons. The normalized spacial score (nSPS) is 20.0. The molecule has 0 spiro atoms. The van der Waals surface area contributed by atoms with E-state index < -0.39 is 0 Å². The Labute approximate surface area is 131 Å². The molecular weight excluding hydrogens is 284 g/mol. The molecule has 1 saturated heterocycles. The van der Waals surface area contributed by atoms with E-state index in [1.807, 2.05) is 20.8 Å². The zero-order valence-corrected chi connectivity index (χ0v) is 14.3. The van der Waals surface area contributed by atoms with Crippen LogP contribution in [0, 0.1) is 5.41 Å². The summed E-state index contributed by atoms with van der Waals surface area (Å²) in [6.07, 6.45) is 0. The fourth-order valence-corrected chi connectivity index (χ4v) is 3.71. The zero-order chi connectivity index (χ0) is 15.5. The van der Waals surface area contributed by atoms with E-state index in [0.29, 0.717) is 6.04 Å². The van der Waals surface area contributed by atoms with E-state index in [4.69, 9.17) is 4.74 Å². The molecule has 1 aliphatic heterocycles. The molecule has 4 nitrogen and oxygen atoms in total. The van der Waals surface area contributed by atoms with E-state index in [1.54, 1.807) is 11.3 Å². The molecule has 2 atom stereocenters. The third kappa shape index (κ3) is 4.28. The fraction of sp³-hybridized carbons (Fsp3) is 0.688. The first-order valence-corrected chi connectivity index (χ1v) is 8.54. The molecule has 0 bridgehead atoms. The first-order chi connectivity index (χ1) is 9.89. The Morgan fingerprint density at radius 3 is 2.57 bits per heavy atom. The molecule has 2 N–H and O–H groups in total. The Kier molecular flexibility index (Phi) is 5.41. The van der Waals surface area contributed by atoms with Crippen LogP contribution in [0.1, 0.15) is 38.6 Å². The molecule has 1 aliphatic rings. The number of hydrogen-bond donors (Lipinski definition) is 2. The number of carbonyl (C=O) groups is 1. The summed E-state index contributed by atoms with van der Waals surface area (Å²) in [5, 5.41) is 5.32. The number of hydrogen-bond acceptors (Lipinski definition) is 3. The lowest BCUT2D eigenvalue weighted by Gasteiger charge is -2.35. The van der Waals surface area contributed by atoms with Gasteiger partial charge in [-0.15, -0.1) is 11.3 Å². The van der Waals surface area contributed by atoms with Crippen molar-refractivity contribution in [1.29, 1.82) is 0 Å². The molecule has 5 heteroatoms. The summed E-state index contributed by atoms with van der Waals surface area (Å²) in [5.74, 6) is 0.115. The Morgan fingerprint density at radius 2 is 2.05 bits per heavy atom. The number of ether oxygens (including phenoxy) is 1. The Morgan fingerprint density at radius 1 is 1.38 bits per heavy atom. The van der Waals surface area contributed by atoms with Gasteiger partial charge in [0.1, 0.15) is 19.1 Å². The average Bonchev–Trinajstić information content (AvgIpc) is 2.93. The van der Waals surface area contributed by atoms with Crippen molar-refractivity contribution in [2.45, 2.75) is 39.8 Å². The summed E-state index contributed by atoms with van der Waals surface area (Å²) in [6.45, 7) is 11.6. The van der Waals surface area contributed by atoms with Crippen LogP contribution in [0.25, 0.3) is 0 Å². The van der Waals surface area contributed by atoms with Gasteiger partial charge in [-0.05, 0) is 18.4 Å². The van der Waals surface area contributed by atoms with Gasteiger partial charge in [0, 0.05) is 5.41 Å². The molecule has 21 heavy (non-hydrogen) atoms. The van der Waals surface area contributed by atoms with E-state index in [1.165, 1.54) is 9.78 Å². The van der Waals surface area contributed by atoms with Crippen LogP contribution >= 0.6 is 11.3 Å². The summed E-state index contributed by atoms with van der Waals surface area (Å²) < 4.78 is 5.48. The van der Waals surface area contributed by atoms with Gasteiger partial charge in [-0.1, -0.05) is 26.8 Å². The van der Waals surface area contributed by atoms with Crippen LogP contribution < -0.4 is 10.2 Å². The zero-order valence-electron chi connectivity index (χ0n) is 13.4. The van der Waals surface area contributed by atoms with Gasteiger partial charge < -0.3 is 15.0 Å². The van der Waals surface area contributed by atoms with Gasteiger partial charge in [0.15, 0.2) is 0 Å². The minimum absolute atomic E-state index is 0.114. The van der Waals surface area contributed by atoms with Crippen molar-refractivity contribution in [3.8, 4) is 0 Å². The summed E-state index contributed by atoms with van der Waals surface area (Å²) >= 11 is 1.77. The lowest BCUT2D eigenvalue weighted by Crippen LogP contribution is -3.15. The van der Waals surface area contributed by atoms with Crippen molar-refractivity contribution in [2.24, 2.45) is 5.41 Å². The van der Waals surface area contributed by atoms with Crippen molar-refractivity contribution in [1.82, 2.24) is 5.32 Å². The smallest absolute Gasteiger partial charge is 0.225 e. The molecule has 2 rings (SSSR count). The lowest BCUT2D eigenvalue weighted by atomic mass is 9.94. The first kappa shape index (κ1) is 16.5. The number of nitrogens with one attached hydrogen (secondary N) is 2. The molecule has 2 heterocycles. The van der Waals surface area contributed by atoms with Crippen LogP contribution in [-0.2, 0) is 9.53 Å². The van der Waals surface area contributed by atoms with Crippen molar-refractivity contribution in [3.05, 3.63) is 22.4 Å². The van der Waals surface area contributed by atoms with E-state index in [-0.39, 0.29) is 17.4 Å². The molecule has 1 aromatic rings. The number of rotatable bonds is 4. The summed E-state index contributed by atoms with van der Waals surface area (Å²) in [5.41, 5.74) is -0.353. The van der Waals surface area contributed by atoms with Crippen LogP contribution in [0.2, 0.25) is 0 Å². The van der Waals surface area contributed by atoms with Crippen molar-refractivity contribution in [3.63, 3.8) is 0 Å². The topological polar surface area (TPSA) is 42.8 Å². The Bertz CT molecular complexity index is 447. The second kappa shape index (κ2) is 6.90. The van der Waals surface area contributed by atoms with Crippen molar-refractivity contribution < 1.29 is 14.4 Å². The maximum Gasteiger partial charge on any atom is 0.225 e. The molecular formula is C16H27N2O2S+.